The third-order valence-electron chi connectivity index (χ3n) is 1.51. The summed E-state index contributed by atoms with van der Waals surface area (Å²) in [6, 6.07) is 3.96. The lowest BCUT2D eigenvalue weighted by molar-refractivity contribution is -0.113. The molecule has 0 radical (unpaired) electrons. The number of carbonyl (C=O) groups is 1. The van der Waals surface area contributed by atoms with Gasteiger partial charge >= 0.3 is 0 Å². The van der Waals surface area contributed by atoms with Crippen molar-refractivity contribution < 1.29 is 4.79 Å². The van der Waals surface area contributed by atoms with Crippen LogP contribution in [0.4, 0.5) is 0 Å². The first-order valence-electron chi connectivity index (χ1n) is 3.54. The van der Waals surface area contributed by atoms with Crippen molar-refractivity contribution in [3.63, 3.8) is 0 Å². The molecule has 0 fully saturated rings. The van der Waals surface area contributed by atoms with E-state index < -0.39 is 0 Å². The van der Waals surface area contributed by atoms with E-state index in [0.717, 1.165) is 14.2 Å². The zero-order valence-corrected chi connectivity index (χ0v) is 9.33. The SMILES string of the molecule is CC(=O)/C(C)=C/c1ccc(Br)s1. The summed E-state index contributed by atoms with van der Waals surface area (Å²) in [4.78, 5) is 12.0. The molecule has 1 aromatic rings. The second-order valence-electron chi connectivity index (χ2n) is 2.53. The molecule has 1 nitrogen and oxygen atoms in total. The highest BCUT2D eigenvalue weighted by atomic mass is 79.9. The van der Waals surface area contributed by atoms with Gasteiger partial charge in [0.05, 0.1) is 3.79 Å². The summed E-state index contributed by atoms with van der Waals surface area (Å²) in [7, 11) is 0. The molecule has 0 atom stereocenters. The minimum absolute atomic E-state index is 0.125. The van der Waals surface area contributed by atoms with E-state index in [0.29, 0.717) is 0 Å². The smallest absolute Gasteiger partial charge is 0.155 e. The topological polar surface area (TPSA) is 17.1 Å². The highest BCUT2D eigenvalue weighted by molar-refractivity contribution is 9.11. The molecule has 12 heavy (non-hydrogen) atoms. The van der Waals surface area contributed by atoms with Gasteiger partial charge in [-0.2, -0.15) is 0 Å². The lowest BCUT2D eigenvalue weighted by Gasteiger charge is -1.90. The lowest BCUT2D eigenvalue weighted by Crippen LogP contribution is -1.89. The standard InChI is InChI=1S/C9H9BrOS/c1-6(7(2)11)5-8-3-4-9(10)12-8/h3-5H,1-2H3/b6-5+. The maximum atomic E-state index is 10.9. The van der Waals surface area contributed by atoms with Crippen molar-refractivity contribution >= 4 is 39.1 Å². The molecule has 1 aromatic heterocycles. The Bertz CT molecular complexity index is 325. The summed E-state index contributed by atoms with van der Waals surface area (Å²) in [5.41, 5.74) is 0.796. The van der Waals surface area contributed by atoms with E-state index in [1.165, 1.54) is 0 Å². The molecule has 0 aliphatic heterocycles. The average Bonchev–Trinajstić information content (AvgIpc) is 2.35. The van der Waals surface area contributed by atoms with Gasteiger partial charge in [0.15, 0.2) is 5.78 Å². The van der Waals surface area contributed by atoms with Crippen LogP contribution in [0.2, 0.25) is 0 Å². The van der Waals surface area contributed by atoms with E-state index in [-0.39, 0.29) is 5.78 Å². The predicted molar refractivity (Wildman–Crippen MR) is 56.4 cm³/mol. The van der Waals surface area contributed by atoms with E-state index in [2.05, 4.69) is 15.9 Å². The number of allylic oxidation sites excluding steroid dienone is 1. The van der Waals surface area contributed by atoms with Crippen LogP contribution in [0.3, 0.4) is 0 Å². The highest BCUT2D eigenvalue weighted by Crippen LogP contribution is 2.23. The highest BCUT2D eigenvalue weighted by Gasteiger charge is 1.98. The van der Waals surface area contributed by atoms with Crippen LogP contribution < -0.4 is 0 Å². The monoisotopic (exact) mass is 244 g/mol. The fourth-order valence-electron chi connectivity index (χ4n) is 0.721. The van der Waals surface area contributed by atoms with E-state index in [4.69, 9.17) is 0 Å². The van der Waals surface area contributed by atoms with E-state index >= 15 is 0 Å². The van der Waals surface area contributed by atoms with Crippen LogP contribution in [0, 0.1) is 0 Å². The average molecular weight is 245 g/mol. The number of halogens is 1. The Morgan fingerprint density at radius 3 is 2.58 bits per heavy atom. The van der Waals surface area contributed by atoms with Gasteiger partial charge in [-0.3, -0.25) is 4.79 Å². The van der Waals surface area contributed by atoms with Crippen LogP contribution >= 0.6 is 27.3 Å². The van der Waals surface area contributed by atoms with Gasteiger partial charge in [0.25, 0.3) is 0 Å². The van der Waals surface area contributed by atoms with Gasteiger partial charge in [0.1, 0.15) is 0 Å². The van der Waals surface area contributed by atoms with Crippen LogP contribution in [0.5, 0.6) is 0 Å². The van der Waals surface area contributed by atoms with Crippen molar-refractivity contribution in [2.24, 2.45) is 0 Å². The first kappa shape index (κ1) is 9.68. The van der Waals surface area contributed by atoms with Crippen LogP contribution in [0.1, 0.15) is 18.7 Å². The zero-order valence-electron chi connectivity index (χ0n) is 6.93. The molecule has 0 unspecified atom stereocenters. The molecule has 0 aliphatic rings. The van der Waals surface area contributed by atoms with Crippen LogP contribution in [-0.4, -0.2) is 5.78 Å². The van der Waals surface area contributed by atoms with Gasteiger partial charge in [-0.05, 0) is 53.6 Å². The molecule has 0 aliphatic carbocycles. The van der Waals surface area contributed by atoms with Crippen LogP contribution in [-0.2, 0) is 4.79 Å². The Morgan fingerprint density at radius 1 is 1.50 bits per heavy atom. The Hall–Kier alpha value is -0.410. The molecule has 64 valence electrons. The summed E-state index contributed by atoms with van der Waals surface area (Å²) in [6.07, 6.45) is 1.90. The molecular weight excluding hydrogens is 236 g/mol. The number of ketones is 1. The summed E-state index contributed by atoms with van der Waals surface area (Å²) >= 11 is 4.98. The molecule has 3 heteroatoms. The van der Waals surface area contributed by atoms with Gasteiger partial charge in [0.2, 0.25) is 0 Å². The Morgan fingerprint density at radius 2 is 2.17 bits per heavy atom. The fraction of sp³-hybridized carbons (Fsp3) is 0.222. The van der Waals surface area contributed by atoms with E-state index in [1.54, 1.807) is 18.3 Å². The number of Topliss-reactive ketones (excluding diaryl/α,β-unsaturated/α-hetero) is 1. The van der Waals surface area contributed by atoms with Crippen molar-refractivity contribution in [3.8, 4) is 0 Å². The number of carbonyl (C=O) groups excluding carboxylic acids is 1. The maximum Gasteiger partial charge on any atom is 0.155 e. The second kappa shape index (κ2) is 4.01. The Kier molecular flexibility index (Phi) is 3.23. The number of thiophene rings is 1. The largest absolute Gasteiger partial charge is 0.295 e. The number of hydrogen-bond acceptors (Lipinski definition) is 2. The maximum absolute atomic E-state index is 10.9. The van der Waals surface area contributed by atoms with Gasteiger partial charge in [-0.15, -0.1) is 11.3 Å². The van der Waals surface area contributed by atoms with Gasteiger partial charge < -0.3 is 0 Å². The quantitative estimate of drug-likeness (QED) is 0.729. The predicted octanol–water partition coefficient (Wildman–Crippen LogP) is 3.50. The summed E-state index contributed by atoms with van der Waals surface area (Å²) < 4.78 is 1.09. The molecule has 0 saturated heterocycles. The molecule has 0 aromatic carbocycles. The normalized spacial score (nSPS) is 11.8. The molecule has 0 saturated carbocycles. The third kappa shape index (κ3) is 2.57. The summed E-state index contributed by atoms with van der Waals surface area (Å²) in [5.74, 6) is 0.125. The first-order valence-corrected chi connectivity index (χ1v) is 5.15. The van der Waals surface area contributed by atoms with Gasteiger partial charge in [0, 0.05) is 4.88 Å². The van der Waals surface area contributed by atoms with Crippen LogP contribution in [0.25, 0.3) is 6.08 Å². The van der Waals surface area contributed by atoms with Crippen molar-refractivity contribution in [3.05, 3.63) is 26.4 Å². The minimum atomic E-state index is 0.125. The molecule has 0 spiro atoms. The number of hydrogen-bond donors (Lipinski definition) is 0. The molecule has 0 bridgehead atoms. The Balaban J connectivity index is 2.87. The van der Waals surface area contributed by atoms with Gasteiger partial charge in [-0.25, -0.2) is 0 Å². The van der Waals surface area contributed by atoms with Gasteiger partial charge in [-0.1, -0.05) is 0 Å². The molecular formula is C9H9BrOS. The fourth-order valence-corrected chi connectivity index (χ4v) is 2.15. The van der Waals surface area contributed by atoms with Crippen LogP contribution in [0.15, 0.2) is 21.5 Å². The summed E-state index contributed by atoms with van der Waals surface area (Å²) in [5, 5.41) is 0. The van der Waals surface area contributed by atoms with E-state index in [9.17, 15) is 4.79 Å². The molecule has 0 amide bonds. The van der Waals surface area contributed by atoms with Crippen molar-refractivity contribution in [1.82, 2.24) is 0 Å². The zero-order chi connectivity index (χ0) is 9.14. The minimum Gasteiger partial charge on any atom is -0.295 e. The van der Waals surface area contributed by atoms with Crippen molar-refractivity contribution in [1.29, 1.82) is 0 Å². The van der Waals surface area contributed by atoms with Crippen molar-refractivity contribution in [2.45, 2.75) is 13.8 Å². The van der Waals surface area contributed by atoms with Crippen molar-refractivity contribution in [2.75, 3.05) is 0 Å². The summed E-state index contributed by atoms with van der Waals surface area (Å²) in [6.45, 7) is 3.41. The van der Waals surface area contributed by atoms with E-state index in [1.807, 2.05) is 25.1 Å². The second-order valence-corrected chi connectivity index (χ2v) is 5.02. The molecule has 1 rings (SSSR count). The first-order chi connectivity index (χ1) is 5.59. The third-order valence-corrected chi connectivity index (χ3v) is 3.08. The Labute approximate surface area is 84.2 Å². The number of rotatable bonds is 2. The molecule has 0 N–H and O–H groups in total. The lowest BCUT2D eigenvalue weighted by atomic mass is 10.2. The molecule has 1 heterocycles.